The number of aryl methyl sites for hydroxylation is 1. The zero-order valence-electron chi connectivity index (χ0n) is 13.5. The lowest BCUT2D eigenvalue weighted by molar-refractivity contribution is -0.121. The van der Waals surface area contributed by atoms with Crippen LogP contribution in [-0.4, -0.2) is 46.3 Å². The van der Waals surface area contributed by atoms with Crippen LogP contribution in [0, 0.1) is 6.92 Å². The quantitative estimate of drug-likeness (QED) is 0.879. The Morgan fingerprint density at radius 1 is 1.30 bits per heavy atom. The molecular formula is C16H20N4O2S. The normalized spacial score (nSPS) is 10.4. The maximum absolute atomic E-state index is 12.7. The van der Waals surface area contributed by atoms with Gasteiger partial charge in [-0.05, 0) is 32.9 Å². The second-order valence-electron chi connectivity index (χ2n) is 4.92. The largest absolute Gasteiger partial charge is 0.355 e. The van der Waals surface area contributed by atoms with Crippen molar-refractivity contribution in [3.63, 3.8) is 0 Å². The zero-order chi connectivity index (χ0) is 16.8. The van der Waals surface area contributed by atoms with Gasteiger partial charge in [0.05, 0.1) is 17.9 Å². The number of rotatable bonds is 6. The molecule has 7 heteroatoms. The summed E-state index contributed by atoms with van der Waals surface area (Å²) in [6.07, 6.45) is 1.70. The summed E-state index contributed by atoms with van der Waals surface area (Å²) in [5.74, 6) is -0.328. The molecule has 0 fully saturated rings. The van der Waals surface area contributed by atoms with Gasteiger partial charge in [-0.2, -0.15) is 0 Å². The molecule has 2 heterocycles. The molecule has 0 atom stereocenters. The van der Waals surface area contributed by atoms with Gasteiger partial charge in [-0.25, -0.2) is 4.98 Å². The standard InChI is InChI=1S/C16H20N4O2S/c1-4-17-13(21)10-20(5-2)16(22)14-11(3)19-15(23-14)12-8-6-7-9-18-12/h6-9H,4-5,10H2,1-3H3,(H,17,21). The fraction of sp³-hybridized carbons (Fsp3) is 0.375. The van der Waals surface area contributed by atoms with E-state index in [4.69, 9.17) is 0 Å². The van der Waals surface area contributed by atoms with Gasteiger partial charge >= 0.3 is 0 Å². The smallest absolute Gasteiger partial charge is 0.266 e. The van der Waals surface area contributed by atoms with Crippen LogP contribution in [0.25, 0.3) is 10.7 Å². The molecule has 2 aromatic heterocycles. The van der Waals surface area contributed by atoms with E-state index in [-0.39, 0.29) is 18.4 Å². The highest BCUT2D eigenvalue weighted by molar-refractivity contribution is 7.17. The van der Waals surface area contributed by atoms with Crippen LogP contribution < -0.4 is 5.32 Å². The number of amides is 2. The van der Waals surface area contributed by atoms with Crippen molar-refractivity contribution in [2.24, 2.45) is 0 Å². The summed E-state index contributed by atoms with van der Waals surface area (Å²) in [6.45, 7) is 6.57. The van der Waals surface area contributed by atoms with E-state index < -0.39 is 0 Å². The third-order valence-electron chi connectivity index (χ3n) is 3.25. The van der Waals surface area contributed by atoms with Gasteiger partial charge in [0.2, 0.25) is 5.91 Å². The Morgan fingerprint density at radius 2 is 2.09 bits per heavy atom. The number of aromatic nitrogens is 2. The molecule has 0 saturated carbocycles. The number of hydrogen-bond donors (Lipinski definition) is 1. The molecular weight excluding hydrogens is 312 g/mol. The van der Waals surface area contributed by atoms with E-state index >= 15 is 0 Å². The minimum Gasteiger partial charge on any atom is -0.355 e. The van der Waals surface area contributed by atoms with E-state index in [0.717, 1.165) is 5.69 Å². The highest BCUT2D eigenvalue weighted by Crippen LogP contribution is 2.27. The number of nitrogens with one attached hydrogen (secondary N) is 1. The Morgan fingerprint density at radius 3 is 2.70 bits per heavy atom. The monoisotopic (exact) mass is 332 g/mol. The number of pyridine rings is 1. The van der Waals surface area contributed by atoms with Crippen LogP contribution in [-0.2, 0) is 4.79 Å². The summed E-state index contributed by atoms with van der Waals surface area (Å²) >= 11 is 1.31. The van der Waals surface area contributed by atoms with Crippen LogP contribution >= 0.6 is 11.3 Å². The molecule has 0 unspecified atom stereocenters. The van der Waals surface area contributed by atoms with Crippen molar-refractivity contribution in [3.05, 3.63) is 35.0 Å². The lowest BCUT2D eigenvalue weighted by Crippen LogP contribution is -2.40. The molecule has 1 N–H and O–H groups in total. The van der Waals surface area contributed by atoms with Gasteiger partial charge < -0.3 is 10.2 Å². The fourth-order valence-electron chi connectivity index (χ4n) is 2.09. The van der Waals surface area contributed by atoms with E-state index in [2.05, 4.69) is 15.3 Å². The lowest BCUT2D eigenvalue weighted by atomic mass is 10.3. The second-order valence-corrected chi connectivity index (χ2v) is 5.92. The SMILES string of the molecule is CCNC(=O)CN(CC)C(=O)c1sc(-c2ccccn2)nc1C. The molecule has 0 spiro atoms. The summed E-state index contributed by atoms with van der Waals surface area (Å²) in [5, 5.41) is 3.42. The molecule has 2 amide bonds. The Labute approximate surface area is 139 Å². The molecule has 23 heavy (non-hydrogen) atoms. The second kappa shape index (κ2) is 7.82. The van der Waals surface area contributed by atoms with Gasteiger partial charge in [0.25, 0.3) is 5.91 Å². The Balaban J connectivity index is 2.21. The van der Waals surface area contributed by atoms with Crippen molar-refractivity contribution in [1.29, 1.82) is 0 Å². The van der Waals surface area contributed by atoms with E-state index in [1.807, 2.05) is 32.0 Å². The van der Waals surface area contributed by atoms with Crippen LogP contribution in [0.2, 0.25) is 0 Å². The van der Waals surface area contributed by atoms with Gasteiger partial charge in [0, 0.05) is 19.3 Å². The summed E-state index contributed by atoms with van der Waals surface area (Å²) in [6, 6.07) is 5.58. The molecule has 0 aliphatic heterocycles. The number of carbonyl (C=O) groups is 2. The van der Waals surface area contributed by atoms with E-state index in [1.54, 1.807) is 13.1 Å². The molecule has 6 nitrogen and oxygen atoms in total. The number of nitrogens with zero attached hydrogens (tertiary/aromatic N) is 3. The Kier molecular flexibility index (Phi) is 5.81. The molecule has 0 saturated heterocycles. The zero-order valence-corrected chi connectivity index (χ0v) is 14.3. The molecule has 2 aromatic rings. The molecule has 0 radical (unpaired) electrons. The van der Waals surface area contributed by atoms with Crippen LogP contribution in [0.4, 0.5) is 0 Å². The van der Waals surface area contributed by atoms with Gasteiger partial charge in [0.1, 0.15) is 9.88 Å². The summed E-state index contributed by atoms with van der Waals surface area (Å²) in [7, 11) is 0. The highest BCUT2D eigenvalue weighted by atomic mass is 32.1. The first kappa shape index (κ1) is 17.1. The Bertz CT molecular complexity index is 685. The van der Waals surface area contributed by atoms with Crippen molar-refractivity contribution < 1.29 is 9.59 Å². The molecule has 0 bridgehead atoms. The number of hydrogen-bond acceptors (Lipinski definition) is 5. The van der Waals surface area contributed by atoms with Crippen LogP contribution in [0.5, 0.6) is 0 Å². The van der Waals surface area contributed by atoms with E-state index in [1.165, 1.54) is 16.2 Å². The molecule has 0 aliphatic carbocycles. The number of thiazole rings is 1. The van der Waals surface area contributed by atoms with Crippen molar-refractivity contribution in [2.45, 2.75) is 20.8 Å². The number of likely N-dealkylation sites (N-methyl/N-ethyl adjacent to an activating group) is 2. The lowest BCUT2D eigenvalue weighted by Gasteiger charge is -2.19. The first-order valence-electron chi connectivity index (χ1n) is 7.51. The maximum Gasteiger partial charge on any atom is 0.266 e. The maximum atomic E-state index is 12.7. The summed E-state index contributed by atoms with van der Waals surface area (Å²) in [5.41, 5.74) is 1.40. The highest BCUT2D eigenvalue weighted by Gasteiger charge is 2.22. The van der Waals surface area contributed by atoms with Gasteiger partial charge in [-0.3, -0.25) is 14.6 Å². The average molecular weight is 332 g/mol. The van der Waals surface area contributed by atoms with Crippen LogP contribution in [0.3, 0.4) is 0 Å². The third kappa shape index (κ3) is 4.13. The van der Waals surface area contributed by atoms with E-state index in [0.29, 0.717) is 28.7 Å². The van der Waals surface area contributed by atoms with Crippen molar-refractivity contribution in [1.82, 2.24) is 20.2 Å². The summed E-state index contributed by atoms with van der Waals surface area (Å²) < 4.78 is 0. The third-order valence-corrected chi connectivity index (χ3v) is 4.42. The fourth-order valence-corrected chi connectivity index (χ4v) is 3.10. The molecule has 0 aliphatic rings. The topological polar surface area (TPSA) is 75.2 Å². The minimum absolute atomic E-state index is 0.0550. The molecule has 122 valence electrons. The van der Waals surface area contributed by atoms with Gasteiger partial charge in [0.15, 0.2) is 0 Å². The number of carbonyl (C=O) groups excluding carboxylic acids is 2. The predicted molar refractivity (Wildman–Crippen MR) is 90.3 cm³/mol. The minimum atomic E-state index is -0.170. The summed E-state index contributed by atoms with van der Waals surface area (Å²) in [4.78, 5) is 35.2. The van der Waals surface area contributed by atoms with Crippen molar-refractivity contribution in [3.8, 4) is 10.7 Å². The predicted octanol–water partition coefficient (Wildman–Crippen LogP) is 2.11. The Hall–Kier alpha value is -2.28. The molecule has 2 rings (SSSR count). The van der Waals surface area contributed by atoms with Gasteiger partial charge in [-0.15, -0.1) is 11.3 Å². The van der Waals surface area contributed by atoms with Crippen molar-refractivity contribution >= 4 is 23.2 Å². The first-order chi connectivity index (χ1) is 11.1. The van der Waals surface area contributed by atoms with Crippen LogP contribution in [0.15, 0.2) is 24.4 Å². The first-order valence-corrected chi connectivity index (χ1v) is 8.33. The van der Waals surface area contributed by atoms with Gasteiger partial charge in [-0.1, -0.05) is 6.07 Å². The van der Waals surface area contributed by atoms with Crippen molar-refractivity contribution in [2.75, 3.05) is 19.6 Å². The molecule has 0 aromatic carbocycles. The average Bonchev–Trinajstić information content (AvgIpc) is 2.95. The van der Waals surface area contributed by atoms with E-state index in [9.17, 15) is 9.59 Å². The van der Waals surface area contributed by atoms with Crippen LogP contribution in [0.1, 0.15) is 29.2 Å².